The van der Waals surface area contributed by atoms with E-state index in [1.54, 1.807) is 0 Å². The molecule has 1 fully saturated rings. The maximum Gasteiger partial charge on any atom is 0.00720 e. The summed E-state index contributed by atoms with van der Waals surface area (Å²) in [7, 11) is 0. The van der Waals surface area contributed by atoms with E-state index in [1.165, 1.54) is 29.9 Å². The molecule has 94 valence electrons. The van der Waals surface area contributed by atoms with Crippen LogP contribution in [0.3, 0.4) is 0 Å². The fraction of sp³-hybridized carbons (Fsp3) is 0.625. The lowest BCUT2D eigenvalue weighted by Crippen LogP contribution is -2.35. The van der Waals surface area contributed by atoms with Crippen molar-refractivity contribution in [1.29, 1.82) is 0 Å². The quantitative estimate of drug-likeness (QED) is 0.659. The molecule has 0 nitrogen and oxygen atoms in total. The number of rotatable bonds is 3. The molecule has 1 heteroatoms. The molecule has 0 amide bonds. The molecule has 0 saturated heterocycles. The minimum Gasteiger partial charge on any atom is -0.126 e. The number of hydrogen-bond donors (Lipinski definition) is 0. The molecule has 0 bridgehead atoms. The molecule has 0 unspecified atom stereocenters. The van der Waals surface area contributed by atoms with E-state index < -0.39 is 0 Å². The highest BCUT2D eigenvalue weighted by atomic mass is 32.2. The van der Waals surface area contributed by atoms with Gasteiger partial charge in [-0.25, -0.2) is 0 Å². The van der Waals surface area contributed by atoms with Crippen molar-refractivity contribution >= 4 is 11.8 Å². The van der Waals surface area contributed by atoms with Crippen LogP contribution in [0.15, 0.2) is 35.2 Å². The molecule has 1 aliphatic rings. The van der Waals surface area contributed by atoms with Crippen LogP contribution in [0.4, 0.5) is 0 Å². The summed E-state index contributed by atoms with van der Waals surface area (Å²) < 4.78 is 0. The van der Waals surface area contributed by atoms with E-state index in [4.69, 9.17) is 0 Å². The lowest BCUT2D eigenvalue weighted by atomic mass is 9.65. The molecular formula is C16H24S. The monoisotopic (exact) mass is 248 g/mol. The number of hydrogen-bond acceptors (Lipinski definition) is 1. The van der Waals surface area contributed by atoms with Crippen molar-refractivity contribution in [2.45, 2.75) is 44.9 Å². The fourth-order valence-corrected chi connectivity index (χ4v) is 4.63. The average molecular weight is 248 g/mol. The van der Waals surface area contributed by atoms with E-state index in [0.717, 1.165) is 11.8 Å². The third-order valence-electron chi connectivity index (χ3n) is 4.34. The summed E-state index contributed by atoms with van der Waals surface area (Å²) in [5.74, 6) is 3.02. The summed E-state index contributed by atoms with van der Waals surface area (Å²) in [4.78, 5) is 1.42. The first-order chi connectivity index (χ1) is 8.09. The highest BCUT2D eigenvalue weighted by Gasteiger charge is 2.36. The van der Waals surface area contributed by atoms with Crippen LogP contribution in [0.2, 0.25) is 0 Å². The van der Waals surface area contributed by atoms with Crippen molar-refractivity contribution in [2.24, 2.45) is 17.3 Å². The van der Waals surface area contributed by atoms with Gasteiger partial charge in [0.2, 0.25) is 0 Å². The van der Waals surface area contributed by atoms with Gasteiger partial charge in [-0.2, -0.15) is 0 Å². The van der Waals surface area contributed by atoms with Crippen molar-refractivity contribution in [2.75, 3.05) is 5.75 Å². The van der Waals surface area contributed by atoms with Crippen molar-refractivity contribution in [3.05, 3.63) is 30.3 Å². The van der Waals surface area contributed by atoms with Crippen LogP contribution in [0, 0.1) is 17.3 Å². The van der Waals surface area contributed by atoms with E-state index in [2.05, 4.69) is 51.1 Å². The molecule has 2 atom stereocenters. The molecule has 0 aliphatic heterocycles. The molecule has 1 saturated carbocycles. The normalized spacial score (nSPS) is 27.9. The van der Waals surface area contributed by atoms with Crippen molar-refractivity contribution < 1.29 is 0 Å². The van der Waals surface area contributed by atoms with Crippen LogP contribution in [0.5, 0.6) is 0 Å². The Labute approximate surface area is 110 Å². The highest BCUT2D eigenvalue weighted by Crippen LogP contribution is 2.45. The van der Waals surface area contributed by atoms with E-state index in [1.807, 2.05) is 11.8 Å². The SMILES string of the molecule is C[C@H]1CCCC(C)(C)[C@@H]1CSc1ccccc1. The zero-order chi connectivity index (χ0) is 12.3. The van der Waals surface area contributed by atoms with Gasteiger partial charge in [0.15, 0.2) is 0 Å². The second-order valence-corrected chi connectivity index (χ2v) is 7.18. The Kier molecular flexibility index (Phi) is 4.19. The molecule has 0 heterocycles. The largest absolute Gasteiger partial charge is 0.126 e. The predicted octanol–water partition coefficient (Wildman–Crippen LogP) is 5.24. The minimum atomic E-state index is 0.527. The van der Waals surface area contributed by atoms with Gasteiger partial charge in [-0.05, 0) is 35.8 Å². The topological polar surface area (TPSA) is 0 Å². The summed E-state index contributed by atoms with van der Waals surface area (Å²) in [5, 5.41) is 0. The van der Waals surface area contributed by atoms with Gasteiger partial charge in [-0.1, -0.05) is 51.8 Å². The smallest absolute Gasteiger partial charge is 0.00720 e. The highest BCUT2D eigenvalue weighted by molar-refractivity contribution is 7.99. The Bertz CT molecular complexity index is 342. The van der Waals surface area contributed by atoms with E-state index in [-0.39, 0.29) is 0 Å². The third-order valence-corrected chi connectivity index (χ3v) is 5.48. The molecule has 1 aliphatic carbocycles. The van der Waals surface area contributed by atoms with Gasteiger partial charge < -0.3 is 0 Å². The molecule has 0 spiro atoms. The number of benzene rings is 1. The van der Waals surface area contributed by atoms with Crippen molar-refractivity contribution in [1.82, 2.24) is 0 Å². The second kappa shape index (κ2) is 5.48. The molecular weight excluding hydrogens is 224 g/mol. The van der Waals surface area contributed by atoms with E-state index >= 15 is 0 Å². The summed E-state index contributed by atoms with van der Waals surface area (Å²) in [6.45, 7) is 7.36. The molecule has 1 aromatic carbocycles. The third kappa shape index (κ3) is 3.28. The van der Waals surface area contributed by atoms with Crippen LogP contribution >= 0.6 is 11.8 Å². The lowest BCUT2D eigenvalue weighted by Gasteiger charge is -2.43. The molecule has 17 heavy (non-hydrogen) atoms. The minimum absolute atomic E-state index is 0.527. The Morgan fingerprint density at radius 2 is 1.94 bits per heavy atom. The first-order valence-corrected chi connectivity index (χ1v) is 7.76. The molecule has 1 aromatic rings. The van der Waals surface area contributed by atoms with Crippen molar-refractivity contribution in [3.63, 3.8) is 0 Å². The predicted molar refractivity (Wildman–Crippen MR) is 77.5 cm³/mol. The summed E-state index contributed by atoms with van der Waals surface area (Å²) in [6, 6.07) is 10.8. The van der Waals surface area contributed by atoms with Crippen LogP contribution in [-0.2, 0) is 0 Å². The fourth-order valence-electron chi connectivity index (χ4n) is 3.13. The molecule has 2 rings (SSSR count). The van der Waals surface area contributed by atoms with E-state index in [0.29, 0.717) is 5.41 Å². The first kappa shape index (κ1) is 13.0. The van der Waals surface area contributed by atoms with Gasteiger partial charge in [0, 0.05) is 10.6 Å². The Hall–Kier alpha value is -0.430. The molecule has 0 aromatic heterocycles. The van der Waals surface area contributed by atoms with Gasteiger partial charge in [-0.15, -0.1) is 11.8 Å². The Morgan fingerprint density at radius 1 is 1.24 bits per heavy atom. The van der Waals surface area contributed by atoms with Gasteiger partial charge in [-0.3, -0.25) is 0 Å². The standard InChI is InChI=1S/C16H24S/c1-13-8-7-11-16(2,3)15(13)12-17-14-9-5-4-6-10-14/h4-6,9-10,13,15H,7-8,11-12H2,1-3H3/t13-,15+/m0/s1. The Morgan fingerprint density at radius 3 is 2.59 bits per heavy atom. The van der Waals surface area contributed by atoms with Crippen LogP contribution < -0.4 is 0 Å². The molecule has 0 N–H and O–H groups in total. The van der Waals surface area contributed by atoms with Crippen LogP contribution in [0.25, 0.3) is 0 Å². The molecule has 0 radical (unpaired) electrons. The number of thioether (sulfide) groups is 1. The lowest BCUT2D eigenvalue weighted by molar-refractivity contribution is 0.103. The van der Waals surface area contributed by atoms with Gasteiger partial charge in [0.1, 0.15) is 0 Å². The summed E-state index contributed by atoms with van der Waals surface area (Å²) >= 11 is 2.03. The zero-order valence-electron chi connectivity index (χ0n) is 11.3. The van der Waals surface area contributed by atoms with Gasteiger partial charge in [0.25, 0.3) is 0 Å². The summed E-state index contributed by atoms with van der Waals surface area (Å²) in [6.07, 6.45) is 4.24. The second-order valence-electron chi connectivity index (χ2n) is 6.09. The van der Waals surface area contributed by atoms with Crippen LogP contribution in [-0.4, -0.2) is 5.75 Å². The van der Waals surface area contributed by atoms with Crippen molar-refractivity contribution in [3.8, 4) is 0 Å². The maximum atomic E-state index is 2.46. The Balaban J connectivity index is 1.97. The average Bonchev–Trinajstić information content (AvgIpc) is 2.29. The van der Waals surface area contributed by atoms with Gasteiger partial charge >= 0.3 is 0 Å². The van der Waals surface area contributed by atoms with E-state index in [9.17, 15) is 0 Å². The van der Waals surface area contributed by atoms with Gasteiger partial charge in [0.05, 0.1) is 0 Å². The van der Waals surface area contributed by atoms with Crippen LogP contribution in [0.1, 0.15) is 40.0 Å². The zero-order valence-corrected chi connectivity index (χ0v) is 12.1. The maximum absolute atomic E-state index is 2.46. The summed E-state index contributed by atoms with van der Waals surface area (Å²) in [5.41, 5.74) is 0.527. The first-order valence-electron chi connectivity index (χ1n) is 6.77.